The third kappa shape index (κ3) is 4.63. The first-order valence-corrected chi connectivity index (χ1v) is 10.4. The molecule has 0 amide bonds. The van der Waals surface area contributed by atoms with Crippen LogP contribution in [0.15, 0.2) is 18.2 Å². The number of halogens is 2. The van der Waals surface area contributed by atoms with Crippen LogP contribution in [0, 0.1) is 6.92 Å². The summed E-state index contributed by atoms with van der Waals surface area (Å²) < 4.78 is 28.5. The fraction of sp³-hybridized carbons (Fsp3) is 0.467. The summed E-state index contributed by atoms with van der Waals surface area (Å²) in [6.07, 6.45) is 2.25. The van der Waals surface area contributed by atoms with Crippen molar-refractivity contribution in [1.82, 2.24) is 19.7 Å². The molecule has 1 aromatic heterocycles. The Morgan fingerprint density at radius 2 is 1.92 bits per heavy atom. The zero-order valence-electron chi connectivity index (χ0n) is 13.7. The number of benzene rings is 1. The van der Waals surface area contributed by atoms with Crippen LogP contribution in [0.3, 0.4) is 0 Å². The van der Waals surface area contributed by atoms with Crippen molar-refractivity contribution in [1.29, 1.82) is 0 Å². The van der Waals surface area contributed by atoms with Crippen molar-refractivity contribution < 1.29 is 8.42 Å². The summed E-state index contributed by atoms with van der Waals surface area (Å²) in [4.78, 5) is 6.32. The maximum absolute atomic E-state index is 12.2. The number of hydrogen-bond donors (Lipinski definition) is 1. The standard InChI is InChI=1S/C15H19Cl2N5O2S/c1-11-18-15(19-22(11)12-4-5-13(16)14(17)10-12)20-25(23,24)9-8-21-6-2-3-7-21/h4-5,10H,2-3,6-9H2,1H3,(H,19,20). The summed E-state index contributed by atoms with van der Waals surface area (Å²) in [5, 5.41) is 5.04. The van der Waals surface area contributed by atoms with Crippen molar-refractivity contribution in [3.05, 3.63) is 34.1 Å². The molecule has 1 aliphatic rings. The minimum absolute atomic E-state index is 0.0212. The lowest BCUT2D eigenvalue weighted by atomic mass is 10.3. The highest BCUT2D eigenvalue weighted by molar-refractivity contribution is 7.92. The van der Waals surface area contributed by atoms with E-state index in [2.05, 4.69) is 19.7 Å². The fourth-order valence-electron chi connectivity index (χ4n) is 2.74. The first-order chi connectivity index (χ1) is 11.8. The van der Waals surface area contributed by atoms with E-state index >= 15 is 0 Å². The highest BCUT2D eigenvalue weighted by Crippen LogP contribution is 2.25. The smallest absolute Gasteiger partial charge is 0.256 e. The molecular weight excluding hydrogens is 385 g/mol. The van der Waals surface area contributed by atoms with Crippen molar-refractivity contribution >= 4 is 39.2 Å². The molecule has 0 saturated carbocycles. The molecule has 7 nitrogen and oxygen atoms in total. The maximum Gasteiger partial charge on any atom is 0.256 e. The number of sulfonamides is 1. The van der Waals surface area contributed by atoms with Crippen molar-refractivity contribution in [3.63, 3.8) is 0 Å². The van der Waals surface area contributed by atoms with Gasteiger partial charge in [-0.2, -0.15) is 4.98 Å². The van der Waals surface area contributed by atoms with Gasteiger partial charge < -0.3 is 4.90 Å². The Morgan fingerprint density at radius 1 is 1.20 bits per heavy atom. The van der Waals surface area contributed by atoms with Crippen molar-refractivity contribution in [2.45, 2.75) is 19.8 Å². The molecule has 2 aromatic rings. The molecule has 0 unspecified atom stereocenters. The molecule has 1 aliphatic heterocycles. The van der Waals surface area contributed by atoms with Crippen LogP contribution >= 0.6 is 23.2 Å². The molecule has 3 rings (SSSR count). The van der Waals surface area contributed by atoms with E-state index < -0.39 is 10.0 Å². The predicted octanol–water partition coefficient (Wildman–Crippen LogP) is 2.72. The van der Waals surface area contributed by atoms with Crippen LogP contribution in [0.25, 0.3) is 5.69 Å². The molecule has 0 bridgehead atoms. The largest absolute Gasteiger partial charge is 0.302 e. The van der Waals surface area contributed by atoms with Crippen LogP contribution in [0.4, 0.5) is 5.95 Å². The quantitative estimate of drug-likeness (QED) is 0.801. The zero-order chi connectivity index (χ0) is 18.0. The average molecular weight is 404 g/mol. The summed E-state index contributed by atoms with van der Waals surface area (Å²) in [6.45, 7) is 4.16. The number of aromatic nitrogens is 3. The van der Waals surface area contributed by atoms with Crippen LogP contribution < -0.4 is 4.72 Å². The lowest BCUT2D eigenvalue weighted by molar-refractivity contribution is 0.359. The molecular formula is C15H19Cl2N5O2S. The van der Waals surface area contributed by atoms with Crippen molar-refractivity contribution in [3.8, 4) is 5.69 Å². The summed E-state index contributed by atoms with van der Waals surface area (Å²) >= 11 is 11.9. The number of likely N-dealkylation sites (tertiary alicyclic amines) is 1. The van der Waals surface area contributed by atoms with Gasteiger partial charge in [-0.15, -0.1) is 5.10 Å². The molecule has 136 valence electrons. The SMILES string of the molecule is Cc1nc(NS(=O)(=O)CCN2CCCC2)nn1-c1ccc(Cl)c(Cl)c1. The van der Waals surface area contributed by atoms with Gasteiger partial charge in [0, 0.05) is 6.54 Å². The van der Waals surface area contributed by atoms with E-state index in [0.717, 1.165) is 25.9 Å². The Kier molecular flexibility index (Phi) is 5.52. The van der Waals surface area contributed by atoms with Crippen LogP contribution in [0.2, 0.25) is 10.0 Å². The van der Waals surface area contributed by atoms with E-state index in [1.54, 1.807) is 25.1 Å². The predicted molar refractivity (Wildman–Crippen MR) is 99.2 cm³/mol. The minimum Gasteiger partial charge on any atom is -0.302 e. The second kappa shape index (κ2) is 7.49. The van der Waals surface area contributed by atoms with Gasteiger partial charge in [0.15, 0.2) is 0 Å². The lowest BCUT2D eigenvalue weighted by Crippen LogP contribution is -2.29. The Labute approximate surface area is 157 Å². The van der Waals surface area contributed by atoms with E-state index in [1.165, 1.54) is 4.68 Å². The van der Waals surface area contributed by atoms with E-state index in [1.807, 2.05) is 0 Å². The van der Waals surface area contributed by atoms with Gasteiger partial charge in [-0.05, 0) is 51.1 Å². The molecule has 10 heteroatoms. The summed E-state index contributed by atoms with van der Waals surface area (Å²) in [5.74, 6) is 0.605. The van der Waals surface area contributed by atoms with Gasteiger partial charge >= 0.3 is 0 Å². The van der Waals surface area contributed by atoms with E-state index in [0.29, 0.717) is 28.1 Å². The van der Waals surface area contributed by atoms with Gasteiger partial charge in [0.25, 0.3) is 5.95 Å². The van der Waals surface area contributed by atoms with Crippen LogP contribution in [0.1, 0.15) is 18.7 Å². The van der Waals surface area contributed by atoms with Crippen molar-refractivity contribution in [2.24, 2.45) is 0 Å². The van der Waals surface area contributed by atoms with Crippen LogP contribution in [-0.2, 0) is 10.0 Å². The summed E-state index contributed by atoms with van der Waals surface area (Å²) in [5.41, 5.74) is 0.655. The number of hydrogen-bond acceptors (Lipinski definition) is 5. The first kappa shape index (κ1) is 18.4. The molecule has 1 N–H and O–H groups in total. The highest BCUT2D eigenvalue weighted by Gasteiger charge is 2.19. The van der Waals surface area contributed by atoms with Gasteiger partial charge in [0.2, 0.25) is 10.0 Å². The number of anilines is 1. The number of nitrogens with zero attached hydrogens (tertiary/aromatic N) is 4. The molecule has 1 saturated heterocycles. The maximum atomic E-state index is 12.2. The number of nitrogens with one attached hydrogen (secondary N) is 1. The third-order valence-corrected chi connectivity index (χ3v) is 5.99. The van der Waals surface area contributed by atoms with Crippen LogP contribution in [0.5, 0.6) is 0 Å². The fourth-order valence-corrected chi connectivity index (χ4v) is 4.00. The normalized spacial score (nSPS) is 15.6. The first-order valence-electron chi connectivity index (χ1n) is 7.96. The molecule has 2 heterocycles. The van der Waals surface area contributed by atoms with Gasteiger partial charge in [-0.3, -0.25) is 0 Å². The summed E-state index contributed by atoms with van der Waals surface area (Å²) in [6, 6.07) is 5.04. The molecule has 0 spiro atoms. The molecule has 1 aromatic carbocycles. The number of aryl methyl sites for hydroxylation is 1. The molecule has 0 atom stereocenters. The van der Waals surface area contributed by atoms with Gasteiger partial charge in [0.05, 0.1) is 21.5 Å². The minimum atomic E-state index is -3.50. The molecule has 0 aliphatic carbocycles. The average Bonchev–Trinajstić information content (AvgIpc) is 3.17. The topological polar surface area (TPSA) is 80.1 Å². The second-order valence-corrected chi connectivity index (χ2v) is 8.62. The Bertz CT molecular complexity index is 863. The van der Waals surface area contributed by atoms with E-state index in [9.17, 15) is 8.42 Å². The zero-order valence-corrected chi connectivity index (χ0v) is 16.1. The molecule has 0 radical (unpaired) electrons. The van der Waals surface area contributed by atoms with Gasteiger partial charge in [0.1, 0.15) is 5.82 Å². The highest BCUT2D eigenvalue weighted by atomic mass is 35.5. The monoisotopic (exact) mass is 403 g/mol. The molecule has 1 fully saturated rings. The van der Waals surface area contributed by atoms with E-state index in [4.69, 9.17) is 23.2 Å². The van der Waals surface area contributed by atoms with Crippen LogP contribution in [-0.4, -0.2) is 53.5 Å². The lowest BCUT2D eigenvalue weighted by Gasteiger charge is -2.14. The van der Waals surface area contributed by atoms with Crippen molar-refractivity contribution in [2.75, 3.05) is 30.1 Å². The van der Waals surface area contributed by atoms with Gasteiger partial charge in [-0.25, -0.2) is 17.8 Å². The van der Waals surface area contributed by atoms with Gasteiger partial charge in [-0.1, -0.05) is 23.2 Å². The number of rotatable bonds is 6. The second-order valence-electron chi connectivity index (χ2n) is 5.96. The Morgan fingerprint density at radius 3 is 2.60 bits per heavy atom. The summed E-state index contributed by atoms with van der Waals surface area (Å²) in [7, 11) is -3.50. The Hall–Kier alpha value is -1.35. The Balaban J connectivity index is 1.71. The third-order valence-electron chi connectivity index (χ3n) is 4.04. The molecule has 25 heavy (non-hydrogen) atoms. The van der Waals surface area contributed by atoms with E-state index in [-0.39, 0.29) is 11.7 Å².